The summed E-state index contributed by atoms with van der Waals surface area (Å²) in [6, 6.07) is 13.0. The molecule has 11 nitrogen and oxygen atoms in total. The van der Waals surface area contributed by atoms with E-state index >= 15 is 0 Å². The van der Waals surface area contributed by atoms with Gasteiger partial charge in [0.2, 0.25) is 5.91 Å². The number of aromatic nitrogens is 1. The third kappa shape index (κ3) is 5.22. The molecule has 0 saturated carbocycles. The predicted octanol–water partition coefficient (Wildman–Crippen LogP) is 3.80. The van der Waals surface area contributed by atoms with E-state index in [2.05, 4.69) is 0 Å². The van der Waals surface area contributed by atoms with E-state index in [0.29, 0.717) is 6.42 Å². The highest BCUT2D eigenvalue weighted by atomic mass is 16.8. The molecule has 0 spiro atoms. The first-order valence-corrected chi connectivity index (χ1v) is 11.9. The van der Waals surface area contributed by atoms with Crippen LogP contribution in [0.1, 0.15) is 31.9 Å². The topological polar surface area (TPSA) is 124 Å². The van der Waals surface area contributed by atoms with Gasteiger partial charge in [-0.2, -0.15) is 4.73 Å². The number of hydrogen-bond acceptors (Lipinski definition) is 7. The van der Waals surface area contributed by atoms with Gasteiger partial charge in [-0.25, -0.2) is 4.79 Å². The van der Waals surface area contributed by atoms with Gasteiger partial charge >= 0.3 is 6.16 Å². The minimum Gasteiger partial charge on any atom is -0.427 e. The third-order valence-corrected chi connectivity index (χ3v) is 6.11. The first-order valence-electron chi connectivity index (χ1n) is 11.9. The lowest BCUT2D eigenvalue weighted by molar-refractivity contribution is -0.383. The average molecular weight is 521 g/mol. The Balaban J connectivity index is 1.76. The fraction of sp³-hybridized carbons (Fsp3) is 0.296. The van der Waals surface area contributed by atoms with Gasteiger partial charge in [0.25, 0.3) is 11.6 Å². The van der Waals surface area contributed by atoms with Gasteiger partial charge in [0.15, 0.2) is 0 Å². The first-order chi connectivity index (χ1) is 17.9. The molecule has 11 heteroatoms. The Morgan fingerprint density at radius 3 is 2.39 bits per heavy atom. The number of rotatable bonds is 5. The van der Waals surface area contributed by atoms with Crippen LogP contribution in [0.4, 0.5) is 10.5 Å². The van der Waals surface area contributed by atoms with Crippen LogP contribution in [-0.2, 0) is 20.7 Å². The van der Waals surface area contributed by atoms with Crippen molar-refractivity contribution in [1.29, 1.82) is 0 Å². The molecule has 1 saturated heterocycles. The van der Waals surface area contributed by atoms with E-state index in [1.807, 2.05) is 30.3 Å². The van der Waals surface area contributed by atoms with Gasteiger partial charge in [0.05, 0.1) is 22.0 Å². The molecule has 2 heterocycles. The van der Waals surface area contributed by atoms with Crippen molar-refractivity contribution >= 4 is 40.6 Å². The lowest BCUT2D eigenvalue weighted by atomic mass is 10.00. The number of hydrogen-bond donors (Lipinski definition) is 0. The quantitative estimate of drug-likeness (QED) is 0.217. The number of nitro groups is 1. The molecule has 3 aromatic rings. The van der Waals surface area contributed by atoms with E-state index in [9.17, 15) is 24.5 Å². The molecule has 0 bridgehead atoms. The van der Waals surface area contributed by atoms with Crippen LogP contribution in [0.15, 0.2) is 60.4 Å². The molecule has 1 unspecified atom stereocenters. The van der Waals surface area contributed by atoms with Crippen LogP contribution in [0.5, 0.6) is 0 Å². The maximum atomic E-state index is 13.4. The summed E-state index contributed by atoms with van der Waals surface area (Å²) in [6.45, 7) is 5.02. The Morgan fingerprint density at radius 1 is 1.08 bits per heavy atom. The number of carbonyl (C=O) groups excluding carboxylic acids is 3. The number of amides is 2. The zero-order valence-electron chi connectivity index (χ0n) is 21.7. The second-order valence-electron chi connectivity index (χ2n) is 9.94. The standard InChI is InChI=1S/C27H28N4O7/c1-27(2,3)37-26(34)38-30-16-18(23-19(30)12-9-13-20(23)31(35)36)15-22-25(33)28(4)21(24(32)29(22)5)14-17-10-7-6-8-11-17/h6-13,15-16,21H,14H2,1-5H3. The summed E-state index contributed by atoms with van der Waals surface area (Å²) in [6.07, 6.45) is 2.06. The van der Waals surface area contributed by atoms with Gasteiger partial charge in [-0.05, 0) is 38.5 Å². The fourth-order valence-corrected chi connectivity index (χ4v) is 4.30. The summed E-state index contributed by atoms with van der Waals surface area (Å²) in [5.74, 6) is -0.731. The van der Waals surface area contributed by atoms with E-state index in [1.54, 1.807) is 27.8 Å². The molecule has 1 aromatic heterocycles. The smallest absolute Gasteiger partial charge is 0.427 e. The van der Waals surface area contributed by atoms with Crippen LogP contribution in [-0.4, -0.2) is 63.2 Å². The van der Waals surface area contributed by atoms with Crippen molar-refractivity contribution in [2.75, 3.05) is 14.1 Å². The summed E-state index contributed by atoms with van der Waals surface area (Å²) in [7, 11) is 3.04. The van der Waals surface area contributed by atoms with Crippen LogP contribution in [0, 0.1) is 10.1 Å². The maximum absolute atomic E-state index is 13.4. The van der Waals surface area contributed by atoms with Gasteiger partial charge in [-0.15, -0.1) is 0 Å². The van der Waals surface area contributed by atoms with Gasteiger partial charge in [-0.1, -0.05) is 36.4 Å². The van der Waals surface area contributed by atoms with Crippen molar-refractivity contribution in [2.45, 2.75) is 38.8 Å². The lowest BCUT2D eigenvalue weighted by Crippen LogP contribution is -2.56. The highest BCUT2D eigenvalue weighted by molar-refractivity contribution is 6.09. The van der Waals surface area contributed by atoms with Gasteiger partial charge in [-0.3, -0.25) is 19.7 Å². The number of piperazine rings is 1. The van der Waals surface area contributed by atoms with Gasteiger partial charge in [0, 0.05) is 32.1 Å². The number of likely N-dealkylation sites (N-methyl/N-ethyl adjacent to an activating group) is 2. The van der Waals surface area contributed by atoms with Crippen molar-refractivity contribution in [2.24, 2.45) is 0 Å². The molecule has 38 heavy (non-hydrogen) atoms. The van der Waals surface area contributed by atoms with Crippen molar-refractivity contribution in [3.8, 4) is 0 Å². The van der Waals surface area contributed by atoms with Crippen molar-refractivity contribution < 1.29 is 28.9 Å². The highest BCUT2D eigenvalue weighted by Gasteiger charge is 2.39. The Labute approximate surface area is 218 Å². The first kappa shape index (κ1) is 26.4. The normalized spacial score (nSPS) is 17.3. The zero-order valence-corrected chi connectivity index (χ0v) is 21.7. The molecule has 198 valence electrons. The van der Waals surface area contributed by atoms with E-state index < -0.39 is 28.6 Å². The zero-order chi connectivity index (χ0) is 27.8. The molecule has 1 aliphatic heterocycles. The number of nitro benzene ring substituents is 1. The SMILES string of the molecule is CN1C(=O)C(Cc2ccccc2)N(C)C(=O)C1=Cc1cn(OC(=O)OC(C)(C)C)c2cccc([N+](=O)[O-])c12. The second-order valence-corrected chi connectivity index (χ2v) is 9.94. The van der Waals surface area contributed by atoms with Crippen LogP contribution < -0.4 is 4.84 Å². The summed E-state index contributed by atoms with van der Waals surface area (Å²) in [4.78, 5) is 58.2. The monoisotopic (exact) mass is 520 g/mol. The van der Waals surface area contributed by atoms with Crippen LogP contribution in [0.25, 0.3) is 17.0 Å². The molecule has 2 aromatic carbocycles. The van der Waals surface area contributed by atoms with E-state index in [-0.39, 0.29) is 33.8 Å². The molecule has 1 aliphatic rings. The molecule has 4 rings (SSSR count). The van der Waals surface area contributed by atoms with E-state index in [0.717, 1.165) is 10.3 Å². The Morgan fingerprint density at radius 2 is 1.76 bits per heavy atom. The van der Waals surface area contributed by atoms with Crippen molar-refractivity contribution in [1.82, 2.24) is 14.5 Å². The fourth-order valence-electron chi connectivity index (χ4n) is 4.30. The molecule has 0 aliphatic carbocycles. The summed E-state index contributed by atoms with van der Waals surface area (Å²) >= 11 is 0. The lowest BCUT2D eigenvalue weighted by Gasteiger charge is -2.38. The summed E-state index contributed by atoms with van der Waals surface area (Å²) in [5.41, 5.74) is 0.280. The highest BCUT2D eigenvalue weighted by Crippen LogP contribution is 2.33. The van der Waals surface area contributed by atoms with E-state index in [1.165, 1.54) is 47.3 Å². The number of non-ortho nitro benzene ring substituents is 1. The average Bonchev–Trinajstić information content (AvgIpc) is 3.19. The van der Waals surface area contributed by atoms with Crippen LogP contribution in [0.2, 0.25) is 0 Å². The van der Waals surface area contributed by atoms with Crippen LogP contribution >= 0.6 is 0 Å². The molecule has 2 amide bonds. The number of nitrogens with zero attached hydrogens (tertiary/aromatic N) is 4. The Kier molecular flexibility index (Phi) is 6.95. The van der Waals surface area contributed by atoms with Gasteiger partial charge < -0.3 is 19.4 Å². The van der Waals surface area contributed by atoms with Crippen molar-refractivity contribution in [3.63, 3.8) is 0 Å². The molecule has 1 fully saturated rings. The number of benzene rings is 2. The number of fused-ring (bicyclic) bond motifs is 1. The second kappa shape index (κ2) is 10.0. The molecular weight excluding hydrogens is 492 g/mol. The number of ether oxygens (including phenoxy) is 1. The Hall–Kier alpha value is -4.67. The molecular formula is C27H28N4O7. The van der Waals surface area contributed by atoms with Crippen molar-refractivity contribution in [3.05, 3.63) is 81.7 Å². The van der Waals surface area contributed by atoms with E-state index in [4.69, 9.17) is 9.57 Å². The summed E-state index contributed by atoms with van der Waals surface area (Å²) in [5, 5.41) is 12.0. The number of carbonyl (C=O) groups is 3. The minimum absolute atomic E-state index is 0.0243. The summed E-state index contributed by atoms with van der Waals surface area (Å²) < 4.78 is 6.26. The molecule has 0 radical (unpaired) electrons. The third-order valence-electron chi connectivity index (χ3n) is 6.11. The minimum atomic E-state index is -1.01. The maximum Gasteiger partial charge on any atom is 0.534 e. The van der Waals surface area contributed by atoms with Crippen LogP contribution in [0.3, 0.4) is 0 Å². The molecule has 1 atom stereocenters. The predicted molar refractivity (Wildman–Crippen MR) is 139 cm³/mol. The van der Waals surface area contributed by atoms with Gasteiger partial charge in [0.1, 0.15) is 17.3 Å². The Bertz CT molecular complexity index is 1450. The largest absolute Gasteiger partial charge is 0.534 e. The molecule has 0 N–H and O–H groups in total.